The molecule has 43 heavy (non-hydrogen) atoms. The first-order valence-electron chi connectivity index (χ1n) is 14.1. The number of carbonyl (C=O) groups excluding carboxylic acids is 4. The monoisotopic (exact) mass is 592 g/mol. The fourth-order valence-electron chi connectivity index (χ4n) is 5.08. The fourth-order valence-corrected chi connectivity index (χ4v) is 5.08. The number of amides is 4. The van der Waals surface area contributed by atoms with Crippen molar-refractivity contribution in [3.63, 3.8) is 0 Å². The summed E-state index contributed by atoms with van der Waals surface area (Å²) in [7, 11) is 0. The van der Waals surface area contributed by atoms with Crippen LogP contribution < -0.4 is 27.0 Å². The van der Waals surface area contributed by atoms with Crippen LogP contribution in [0.5, 0.6) is 5.75 Å². The largest absolute Gasteiger partial charge is 0.508 e. The van der Waals surface area contributed by atoms with Crippen molar-refractivity contribution in [2.24, 2.45) is 5.73 Å². The molecule has 4 atom stereocenters. The van der Waals surface area contributed by atoms with Crippen LogP contribution in [0.2, 0.25) is 0 Å². The number of rotatable bonds is 14. The number of hydrogen-bond donors (Lipinski definition) is 8. The zero-order valence-electron chi connectivity index (χ0n) is 23.5. The number of carboxylic acid groups (broad SMARTS) is 1. The molecule has 9 N–H and O–H groups in total. The summed E-state index contributed by atoms with van der Waals surface area (Å²) >= 11 is 0. The maximum atomic E-state index is 13.7. The van der Waals surface area contributed by atoms with E-state index < -0.39 is 47.9 Å². The molecule has 4 rings (SSSR count). The van der Waals surface area contributed by atoms with Gasteiger partial charge >= 0.3 is 5.97 Å². The number of H-pyrrole nitrogens is 1. The van der Waals surface area contributed by atoms with Crippen LogP contribution in [0.25, 0.3) is 10.9 Å². The summed E-state index contributed by atoms with van der Waals surface area (Å²) in [6.45, 7) is 0.681. The number of carbonyl (C=O) groups is 5. The summed E-state index contributed by atoms with van der Waals surface area (Å²) in [5, 5.41) is 31.2. The predicted molar refractivity (Wildman–Crippen MR) is 157 cm³/mol. The molecular formula is C30H36N6O7. The number of para-hydroxylation sites is 1. The molecule has 2 aromatic carbocycles. The number of primary amides is 1. The van der Waals surface area contributed by atoms with Crippen LogP contribution in [0.3, 0.4) is 0 Å². The summed E-state index contributed by atoms with van der Waals surface area (Å²) in [5.74, 6) is -3.80. The molecule has 1 aliphatic heterocycles. The van der Waals surface area contributed by atoms with E-state index in [4.69, 9.17) is 5.73 Å². The lowest BCUT2D eigenvalue weighted by Crippen LogP contribution is -2.58. The number of nitrogens with two attached hydrogens (primary N) is 1. The van der Waals surface area contributed by atoms with Gasteiger partial charge in [0.2, 0.25) is 23.6 Å². The van der Waals surface area contributed by atoms with Crippen LogP contribution in [-0.4, -0.2) is 75.5 Å². The number of aromatic nitrogens is 1. The molecule has 1 saturated heterocycles. The summed E-state index contributed by atoms with van der Waals surface area (Å²) in [6.07, 6.45) is 2.74. The van der Waals surface area contributed by atoms with Crippen molar-refractivity contribution in [1.29, 1.82) is 0 Å². The third-order valence-electron chi connectivity index (χ3n) is 7.41. The molecule has 3 aromatic rings. The topological polar surface area (TPSA) is 216 Å². The van der Waals surface area contributed by atoms with Gasteiger partial charge in [-0.1, -0.05) is 30.3 Å². The van der Waals surface area contributed by atoms with E-state index in [-0.39, 0.29) is 37.3 Å². The first-order valence-corrected chi connectivity index (χ1v) is 14.1. The minimum atomic E-state index is -1.41. The minimum Gasteiger partial charge on any atom is -0.508 e. The number of fused-ring (bicyclic) bond motifs is 1. The summed E-state index contributed by atoms with van der Waals surface area (Å²) < 4.78 is 0. The second-order valence-corrected chi connectivity index (χ2v) is 10.6. The second kappa shape index (κ2) is 14.3. The third-order valence-corrected chi connectivity index (χ3v) is 7.41. The third kappa shape index (κ3) is 8.55. The molecule has 0 saturated carbocycles. The highest BCUT2D eigenvalue weighted by molar-refractivity contribution is 5.95. The maximum Gasteiger partial charge on any atom is 0.326 e. The molecule has 1 aromatic heterocycles. The second-order valence-electron chi connectivity index (χ2n) is 10.6. The van der Waals surface area contributed by atoms with Crippen molar-refractivity contribution in [3.8, 4) is 5.75 Å². The molecule has 13 nitrogen and oxygen atoms in total. The number of benzene rings is 2. The van der Waals surface area contributed by atoms with Gasteiger partial charge in [-0.15, -0.1) is 0 Å². The number of phenolic OH excluding ortho intramolecular Hbond substituents is 1. The van der Waals surface area contributed by atoms with Gasteiger partial charge in [0.25, 0.3) is 0 Å². The molecule has 1 fully saturated rings. The van der Waals surface area contributed by atoms with E-state index in [1.165, 1.54) is 12.1 Å². The Balaban J connectivity index is 1.59. The normalized spacial score (nSPS) is 16.6. The van der Waals surface area contributed by atoms with Gasteiger partial charge in [-0.25, -0.2) is 4.79 Å². The van der Waals surface area contributed by atoms with Crippen molar-refractivity contribution in [2.45, 2.75) is 62.7 Å². The molecule has 228 valence electrons. The quantitative estimate of drug-likeness (QED) is 0.129. The molecule has 0 spiro atoms. The number of hydrogen-bond acceptors (Lipinski definition) is 7. The fraction of sp³-hybridized carbons (Fsp3) is 0.367. The Labute approximate surface area is 247 Å². The standard InChI is InChI=1S/C30H36N6O7/c31-26(38)12-11-23(30(42)43)34-29(41)25(15-18-16-33-21-5-2-1-4-20(18)21)36-28(40)24(14-17-7-9-19(37)10-8-17)35-27(39)22-6-3-13-32-22/h1-2,4-5,7-10,16,22-25,32-33,37H,3,6,11-15H2,(H2,31,38)(H,34,41)(H,35,39)(H,36,40)(H,42,43). The van der Waals surface area contributed by atoms with Crippen LogP contribution in [0.15, 0.2) is 54.7 Å². The molecule has 0 aliphatic carbocycles. The summed E-state index contributed by atoms with van der Waals surface area (Å²) in [4.78, 5) is 66.5. The maximum absolute atomic E-state index is 13.7. The first-order chi connectivity index (χ1) is 20.6. The van der Waals surface area contributed by atoms with E-state index in [0.717, 1.165) is 17.3 Å². The Morgan fingerprint density at radius 1 is 0.907 bits per heavy atom. The summed E-state index contributed by atoms with van der Waals surface area (Å²) in [6, 6.07) is 9.40. The lowest BCUT2D eigenvalue weighted by molar-refractivity contribution is -0.142. The molecule has 2 heterocycles. The lowest BCUT2D eigenvalue weighted by atomic mass is 10.0. The zero-order valence-corrected chi connectivity index (χ0v) is 23.5. The van der Waals surface area contributed by atoms with Gasteiger partial charge in [0.1, 0.15) is 23.9 Å². The van der Waals surface area contributed by atoms with Crippen LogP contribution in [0.4, 0.5) is 0 Å². The predicted octanol–water partition coefficient (Wildman–Crippen LogP) is 0.215. The Morgan fingerprint density at radius 2 is 1.58 bits per heavy atom. The van der Waals surface area contributed by atoms with Crippen molar-refractivity contribution in [3.05, 3.63) is 65.9 Å². The van der Waals surface area contributed by atoms with E-state index in [1.807, 2.05) is 24.3 Å². The Kier molecular flexibility index (Phi) is 10.3. The minimum absolute atomic E-state index is 0.00774. The molecule has 4 amide bonds. The number of aromatic hydroxyl groups is 1. The van der Waals surface area contributed by atoms with Gasteiger partial charge in [0.05, 0.1) is 6.04 Å². The highest BCUT2D eigenvalue weighted by Crippen LogP contribution is 2.20. The van der Waals surface area contributed by atoms with Crippen molar-refractivity contribution < 1.29 is 34.2 Å². The van der Waals surface area contributed by atoms with Gasteiger partial charge in [0, 0.05) is 36.4 Å². The molecule has 0 bridgehead atoms. The van der Waals surface area contributed by atoms with Gasteiger partial charge in [0.15, 0.2) is 0 Å². The van der Waals surface area contributed by atoms with Crippen LogP contribution in [0, 0.1) is 0 Å². The van der Waals surface area contributed by atoms with Crippen molar-refractivity contribution >= 4 is 40.5 Å². The summed E-state index contributed by atoms with van der Waals surface area (Å²) in [5.41, 5.74) is 7.35. The zero-order chi connectivity index (χ0) is 30.9. The SMILES string of the molecule is NC(=O)CCC(NC(=O)C(Cc1c[nH]c2ccccc12)NC(=O)C(Cc1ccc(O)cc1)NC(=O)C1CCCN1)C(=O)O. The van der Waals surface area contributed by atoms with E-state index >= 15 is 0 Å². The van der Waals surface area contributed by atoms with E-state index in [9.17, 15) is 34.2 Å². The van der Waals surface area contributed by atoms with Crippen LogP contribution in [-0.2, 0) is 36.8 Å². The molecule has 13 heteroatoms. The van der Waals surface area contributed by atoms with Gasteiger partial charge in [-0.05, 0) is 55.1 Å². The Hall–Kier alpha value is -4.91. The smallest absolute Gasteiger partial charge is 0.326 e. The number of aromatic amines is 1. The van der Waals surface area contributed by atoms with Crippen molar-refractivity contribution in [1.82, 2.24) is 26.3 Å². The van der Waals surface area contributed by atoms with Gasteiger partial charge < -0.3 is 42.2 Å². The number of aliphatic carboxylic acids is 1. The number of carboxylic acids is 1. The Morgan fingerprint density at radius 3 is 2.23 bits per heavy atom. The average Bonchev–Trinajstić information content (AvgIpc) is 3.66. The van der Waals surface area contributed by atoms with Crippen LogP contribution in [0.1, 0.15) is 36.8 Å². The molecular weight excluding hydrogens is 556 g/mol. The first kappa shape index (κ1) is 31.0. The van der Waals surface area contributed by atoms with Crippen molar-refractivity contribution in [2.75, 3.05) is 6.54 Å². The molecule has 0 radical (unpaired) electrons. The molecule has 1 aliphatic rings. The lowest BCUT2D eigenvalue weighted by Gasteiger charge is -2.25. The highest BCUT2D eigenvalue weighted by atomic mass is 16.4. The van der Waals surface area contributed by atoms with Gasteiger partial charge in [-0.2, -0.15) is 0 Å². The van der Waals surface area contributed by atoms with E-state index in [1.54, 1.807) is 18.3 Å². The number of nitrogens with one attached hydrogen (secondary N) is 5. The molecule has 4 unspecified atom stereocenters. The Bertz CT molecular complexity index is 1470. The average molecular weight is 593 g/mol. The van der Waals surface area contributed by atoms with E-state index in [2.05, 4.69) is 26.3 Å². The van der Waals surface area contributed by atoms with Crippen LogP contribution >= 0.6 is 0 Å². The van der Waals surface area contributed by atoms with Gasteiger partial charge in [-0.3, -0.25) is 19.2 Å². The van der Waals surface area contributed by atoms with E-state index in [0.29, 0.717) is 24.1 Å². The highest BCUT2D eigenvalue weighted by Gasteiger charge is 2.32. The number of phenols is 1.